The molecule has 0 aliphatic rings. The maximum absolute atomic E-state index is 13.2. The number of carbonyl (C=O) groups is 1. The van der Waals surface area contributed by atoms with Crippen molar-refractivity contribution in [1.29, 1.82) is 0 Å². The fourth-order valence-electron chi connectivity index (χ4n) is 1.42. The predicted molar refractivity (Wildman–Crippen MR) is 65.8 cm³/mol. The summed E-state index contributed by atoms with van der Waals surface area (Å²) in [4.78, 5) is 11.7. The molecule has 0 amide bonds. The Kier molecular flexibility index (Phi) is 5.84. The second-order valence-corrected chi connectivity index (χ2v) is 4.10. The SMILES string of the molecule is CCCCOCCC(=O)c1ccc(C)c(F)c1. The highest BCUT2D eigenvalue weighted by atomic mass is 19.1. The molecule has 0 radical (unpaired) electrons. The predicted octanol–water partition coefficient (Wildman–Crippen LogP) is 3.52. The molecular formula is C14H19FO2. The van der Waals surface area contributed by atoms with Crippen LogP contribution in [0.5, 0.6) is 0 Å². The number of aryl methyl sites for hydroxylation is 1. The van der Waals surface area contributed by atoms with Gasteiger partial charge in [-0.2, -0.15) is 0 Å². The lowest BCUT2D eigenvalue weighted by molar-refractivity contribution is 0.0873. The van der Waals surface area contributed by atoms with Crippen LogP contribution in [0.25, 0.3) is 0 Å². The van der Waals surface area contributed by atoms with Crippen LogP contribution in [0, 0.1) is 12.7 Å². The molecule has 1 aromatic rings. The molecule has 17 heavy (non-hydrogen) atoms. The smallest absolute Gasteiger partial charge is 0.165 e. The minimum atomic E-state index is -0.331. The summed E-state index contributed by atoms with van der Waals surface area (Å²) < 4.78 is 18.6. The van der Waals surface area contributed by atoms with Crippen LogP contribution >= 0.6 is 0 Å². The van der Waals surface area contributed by atoms with Gasteiger partial charge in [0.25, 0.3) is 0 Å². The van der Waals surface area contributed by atoms with E-state index in [1.54, 1.807) is 19.1 Å². The van der Waals surface area contributed by atoms with E-state index in [4.69, 9.17) is 4.74 Å². The second-order valence-electron chi connectivity index (χ2n) is 4.10. The number of rotatable bonds is 7. The molecule has 2 nitrogen and oxygen atoms in total. The van der Waals surface area contributed by atoms with Gasteiger partial charge in [-0.15, -0.1) is 0 Å². The Hall–Kier alpha value is -1.22. The maximum Gasteiger partial charge on any atom is 0.165 e. The number of halogens is 1. The first kappa shape index (κ1) is 13.8. The van der Waals surface area contributed by atoms with Crippen molar-refractivity contribution in [3.63, 3.8) is 0 Å². The van der Waals surface area contributed by atoms with Crippen LogP contribution in [-0.2, 0) is 4.74 Å². The van der Waals surface area contributed by atoms with Gasteiger partial charge in [0.15, 0.2) is 5.78 Å². The lowest BCUT2D eigenvalue weighted by Crippen LogP contribution is -2.06. The van der Waals surface area contributed by atoms with Gasteiger partial charge in [0.1, 0.15) is 5.82 Å². The monoisotopic (exact) mass is 238 g/mol. The minimum absolute atomic E-state index is 0.0691. The van der Waals surface area contributed by atoms with Gasteiger partial charge < -0.3 is 4.74 Å². The van der Waals surface area contributed by atoms with Crippen molar-refractivity contribution in [2.45, 2.75) is 33.1 Å². The second kappa shape index (κ2) is 7.17. The fourth-order valence-corrected chi connectivity index (χ4v) is 1.42. The third-order valence-electron chi connectivity index (χ3n) is 2.61. The van der Waals surface area contributed by atoms with Crippen LogP contribution in [0.15, 0.2) is 18.2 Å². The van der Waals surface area contributed by atoms with E-state index in [1.165, 1.54) is 6.07 Å². The largest absolute Gasteiger partial charge is 0.381 e. The number of Topliss-reactive ketones (excluding diaryl/α,β-unsaturated/α-hetero) is 1. The number of unbranched alkanes of at least 4 members (excludes halogenated alkanes) is 1. The molecule has 0 aromatic heterocycles. The van der Waals surface area contributed by atoms with E-state index >= 15 is 0 Å². The summed E-state index contributed by atoms with van der Waals surface area (Å²) in [5, 5.41) is 0. The Bertz CT molecular complexity index is 374. The van der Waals surface area contributed by atoms with E-state index in [9.17, 15) is 9.18 Å². The summed E-state index contributed by atoms with van der Waals surface area (Å²) in [6, 6.07) is 4.58. The highest BCUT2D eigenvalue weighted by Crippen LogP contribution is 2.11. The molecule has 0 bridgehead atoms. The number of benzene rings is 1. The fraction of sp³-hybridized carbons (Fsp3) is 0.500. The van der Waals surface area contributed by atoms with Crippen LogP contribution < -0.4 is 0 Å². The Labute approximate surface area is 102 Å². The summed E-state index contributed by atoms with van der Waals surface area (Å²) in [5.41, 5.74) is 0.980. The average molecular weight is 238 g/mol. The molecule has 0 saturated heterocycles. The highest BCUT2D eigenvalue weighted by Gasteiger charge is 2.07. The van der Waals surface area contributed by atoms with Gasteiger partial charge in [0.05, 0.1) is 6.61 Å². The standard InChI is InChI=1S/C14H19FO2/c1-3-4-8-17-9-7-14(16)12-6-5-11(2)13(15)10-12/h5-6,10H,3-4,7-9H2,1-2H3. The molecule has 0 spiro atoms. The highest BCUT2D eigenvalue weighted by molar-refractivity contribution is 5.96. The number of hydrogen-bond acceptors (Lipinski definition) is 2. The van der Waals surface area contributed by atoms with Crippen molar-refractivity contribution < 1.29 is 13.9 Å². The zero-order chi connectivity index (χ0) is 12.7. The summed E-state index contributed by atoms with van der Waals surface area (Å²) >= 11 is 0. The number of ether oxygens (including phenoxy) is 1. The summed E-state index contributed by atoms with van der Waals surface area (Å²) in [6.07, 6.45) is 2.40. The van der Waals surface area contributed by atoms with Gasteiger partial charge in [0, 0.05) is 18.6 Å². The number of ketones is 1. The van der Waals surface area contributed by atoms with Crippen LogP contribution in [0.2, 0.25) is 0 Å². The molecule has 0 heterocycles. The van der Waals surface area contributed by atoms with E-state index in [1.807, 2.05) is 0 Å². The van der Waals surface area contributed by atoms with Crippen molar-refractivity contribution in [2.24, 2.45) is 0 Å². The number of hydrogen-bond donors (Lipinski definition) is 0. The van der Waals surface area contributed by atoms with E-state index in [0.717, 1.165) is 12.8 Å². The summed E-state index contributed by atoms with van der Waals surface area (Å²) in [7, 11) is 0. The molecule has 0 fully saturated rings. The molecular weight excluding hydrogens is 219 g/mol. The van der Waals surface area contributed by atoms with Crippen LogP contribution in [-0.4, -0.2) is 19.0 Å². The van der Waals surface area contributed by atoms with Gasteiger partial charge in [0.2, 0.25) is 0 Å². The first-order valence-corrected chi connectivity index (χ1v) is 6.02. The minimum Gasteiger partial charge on any atom is -0.381 e. The topological polar surface area (TPSA) is 26.3 Å². The van der Waals surface area contributed by atoms with Crippen LogP contribution in [0.4, 0.5) is 4.39 Å². The normalized spacial score (nSPS) is 10.5. The third-order valence-corrected chi connectivity index (χ3v) is 2.61. The first-order valence-electron chi connectivity index (χ1n) is 6.02. The zero-order valence-corrected chi connectivity index (χ0v) is 10.5. The van der Waals surface area contributed by atoms with Gasteiger partial charge >= 0.3 is 0 Å². The van der Waals surface area contributed by atoms with E-state index in [0.29, 0.717) is 30.8 Å². The van der Waals surface area contributed by atoms with E-state index in [-0.39, 0.29) is 11.6 Å². The Morgan fingerprint density at radius 3 is 2.76 bits per heavy atom. The summed E-state index contributed by atoms with van der Waals surface area (Å²) in [5.74, 6) is -0.400. The number of carbonyl (C=O) groups excluding carboxylic acids is 1. The third kappa shape index (κ3) is 4.65. The van der Waals surface area contributed by atoms with Crippen LogP contribution in [0.1, 0.15) is 42.1 Å². The van der Waals surface area contributed by atoms with Crippen molar-refractivity contribution in [3.05, 3.63) is 35.1 Å². The molecule has 0 N–H and O–H groups in total. The zero-order valence-electron chi connectivity index (χ0n) is 10.5. The molecule has 0 aliphatic carbocycles. The van der Waals surface area contributed by atoms with Crippen molar-refractivity contribution in [2.75, 3.05) is 13.2 Å². The Morgan fingerprint density at radius 2 is 2.12 bits per heavy atom. The maximum atomic E-state index is 13.2. The van der Waals surface area contributed by atoms with Crippen LogP contribution in [0.3, 0.4) is 0 Å². The molecule has 0 aliphatic heterocycles. The quantitative estimate of drug-likeness (QED) is 0.536. The Balaban J connectivity index is 2.39. The molecule has 1 aromatic carbocycles. The van der Waals surface area contributed by atoms with Gasteiger partial charge in [-0.3, -0.25) is 4.79 Å². The van der Waals surface area contributed by atoms with E-state index in [2.05, 4.69) is 6.92 Å². The van der Waals surface area contributed by atoms with Crippen molar-refractivity contribution >= 4 is 5.78 Å². The van der Waals surface area contributed by atoms with E-state index < -0.39 is 0 Å². The van der Waals surface area contributed by atoms with Gasteiger partial charge in [-0.25, -0.2) is 4.39 Å². The van der Waals surface area contributed by atoms with Crippen molar-refractivity contribution in [1.82, 2.24) is 0 Å². The van der Waals surface area contributed by atoms with Gasteiger partial charge in [-0.05, 0) is 25.0 Å². The molecule has 94 valence electrons. The molecule has 0 unspecified atom stereocenters. The lowest BCUT2D eigenvalue weighted by atomic mass is 10.1. The van der Waals surface area contributed by atoms with Gasteiger partial charge in [-0.1, -0.05) is 25.5 Å². The molecule has 0 saturated carbocycles. The van der Waals surface area contributed by atoms with Crippen molar-refractivity contribution in [3.8, 4) is 0 Å². The molecule has 1 rings (SSSR count). The first-order chi connectivity index (χ1) is 8.15. The summed E-state index contributed by atoms with van der Waals surface area (Å²) in [6.45, 7) is 4.86. The Morgan fingerprint density at radius 1 is 1.35 bits per heavy atom. The molecule has 3 heteroatoms. The molecule has 0 atom stereocenters. The lowest BCUT2D eigenvalue weighted by Gasteiger charge is -2.04. The average Bonchev–Trinajstić information content (AvgIpc) is 2.32.